The maximum atomic E-state index is 12.9. The first-order valence-electron chi connectivity index (χ1n) is 8.56. The number of hydrogen-bond donors (Lipinski definition) is 2. The van der Waals surface area contributed by atoms with Crippen LogP contribution in [0.25, 0.3) is 10.1 Å². The van der Waals surface area contributed by atoms with Crippen LogP contribution in [0.2, 0.25) is 0 Å². The fraction of sp³-hybridized carbons (Fsp3) is 0.0500. The van der Waals surface area contributed by atoms with Crippen LogP contribution in [0.3, 0.4) is 0 Å². The van der Waals surface area contributed by atoms with E-state index in [4.69, 9.17) is 10.5 Å². The van der Waals surface area contributed by atoms with Gasteiger partial charge < -0.3 is 15.8 Å². The van der Waals surface area contributed by atoms with E-state index in [0.717, 1.165) is 16.8 Å². The lowest BCUT2D eigenvalue weighted by molar-refractivity contribution is -0.137. The predicted molar refractivity (Wildman–Crippen MR) is 108 cm³/mol. The highest BCUT2D eigenvalue weighted by Gasteiger charge is 2.30. The number of fused-ring (bicyclic) bond motifs is 1. The Labute approximate surface area is 172 Å². The van der Waals surface area contributed by atoms with Crippen molar-refractivity contribution in [1.29, 1.82) is 0 Å². The first kappa shape index (κ1) is 19.6. The van der Waals surface area contributed by atoms with Crippen molar-refractivity contribution in [2.75, 3.05) is 11.1 Å². The van der Waals surface area contributed by atoms with Crippen molar-refractivity contribution in [3.63, 3.8) is 0 Å². The second kappa shape index (κ2) is 7.64. The van der Waals surface area contributed by atoms with Crippen LogP contribution in [0.15, 0.2) is 60.1 Å². The molecule has 0 aliphatic rings. The molecule has 0 saturated heterocycles. The number of carbonyl (C=O) groups is 1. The van der Waals surface area contributed by atoms with Gasteiger partial charge in [-0.3, -0.25) is 4.79 Å². The Morgan fingerprint density at radius 2 is 1.97 bits per heavy atom. The summed E-state index contributed by atoms with van der Waals surface area (Å²) in [6.45, 7) is 0. The van der Waals surface area contributed by atoms with Crippen LogP contribution in [0.4, 0.5) is 24.8 Å². The number of nitrogens with one attached hydrogen (secondary N) is 1. The van der Waals surface area contributed by atoms with E-state index in [2.05, 4.69) is 15.3 Å². The van der Waals surface area contributed by atoms with Crippen LogP contribution in [-0.2, 0) is 6.18 Å². The molecule has 2 heterocycles. The molecule has 6 nitrogen and oxygen atoms in total. The quantitative estimate of drug-likeness (QED) is 0.456. The highest BCUT2D eigenvalue weighted by molar-refractivity contribution is 7.17. The fourth-order valence-electron chi connectivity index (χ4n) is 2.75. The SMILES string of the molecule is Nc1nccc(Oc2ccc3c(C(=O)Nc4cccc(C(F)(F)F)c4)csc3c2)n1. The van der Waals surface area contributed by atoms with Gasteiger partial charge >= 0.3 is 6.18 Å². The van der Waals surface area contributed by atoms with Crippen molar-refractivity contribution in [3.05, 3.63) is 71.2 Å². The molecule has 0 aliphatic heterocycles. The number of amides is 1. The van der Waals surface area contributed by atoms with Crippen LogP contribution in [-0.4, -0.2) is 15.9 Å². The van der Waals surface area contributed by atoms with Gasteiger partial charge in [-0.15, -0.1) is 11.3 Å². The number of hydrogen-bond acceptors (Lipinski definition) is 6. The van der Waals surface area contributed by atoms with Crippen LogP contribution < -0.4 is 15.8 Å². The molecule has 1 amide bonds. The molecule has 0 atom stereocenters. The molecule has 2 aromatic carbocycles. The molecular weight excluding hydrogens is 417 g/mol. The highest BCUT2D eigenvalue weighted by Crippen LogP contribution is 2.33. The molecule has 3 N–H and O–H groups in total. The molecule has 0 aliphatic carbocycles. The number of rotatable bonds is 4. The topological polar surface area (TPSA) is 90.1 Å². The molecule has 0 unspecified atom stereocenters. The molecule has 4 aromatic rings. The summed E-state index contributed by atoms with van der Waals surface area (Å²) < 4.78 is 45.0. The van der Waals surface area contributed by atoms with Gasteiger partial charge in [-0.25, -0.2) is 4.98 Å². The van der Waals surface area contributed by atoms with Crippen molar-refractivity contribution in [2.45, 2.75) is 6.18 Å². The van der Waals surface area contributed by atoms with Gasteiger partial charge in [0.2, 0.25) is 11.8 Å². The summed E-state index contributed by atoms with van der Waals surface area (Å²) in [4.78, 5) is 20.4. The minimum atomic E-state index is -4.49. The zero-order chi connectivity index (χ0) is 21.3. The van der Waals surface area contributed by atoms with Gasteiger partial charge in [0.1, 0.15) is 5.75 Å². The van der Waals surface area contributed by atoms with Crippen LogP contribution in [0.1, 0.15) is 15.9 Å². The normalized spacial score (nSPS) is 11.4. The van der Waals surface area contributed by atoms with Crippen LogP contribution in [0, 0.1) is 0 Å². The molecular formula is C20H13F3N4O2S. The van der Waals surface area contributed by atoms with Gasteiger partial charge in [0, 0.05) is 33.4 Å². The van der Waals surface area contributed by atoms with Crippen molar-refractivity contribution in [2.24, 2.45) is 0 Å². The number of ether oxygens (including phenoxy) is 1. The molecule has 0 fully saturated rings. The molecule has 0 radical (unpaired) electrons. The van der Waals surface area contributed by atoms with E-state index in [1.807, 2.05) is 0 Å². The summed E-state index contributed by atoms with van der Waals surface area (Å²) in [5.74, 6) is 0.351. The second-order valence-corrected chi connectivity index (χ2v) is 7.11. The zero-order valence-electron chi connectivity index (χ0n) is 15.1. The first-order valence-corrected chi connectivity index (χ1v) is 9.44. The smallest absolute Gasteiger partial charge is 0.416 e. The lowest BCUT2D eigenvalue weighted by Crippen LogP contribution is -2.12. The molecule has 0 saturated carbocycles. The van der Waals surface area contributed by atoms with Gasteiger partial charge in [-0.2, -0.15) is 18.2 Å². The van der Waals surface area contributed by atoms with Crippen molar-refractivity contribution in [3.8, 4) is 11.6 Å². The Morgan fingerprint density at radius 1 is 1.13 bits per heavy atom. The van der Waals surface area contributed by atoms with Crippen molar-refractivity contribution >= 4 is 39.0 Å². The van der Waals surface area contributed by atoms with Gasteiger partial charge in [-0.05, 0) is 36.4 Å². The largest absolute Gasteiger partial charge is 0.439 e. The Hall–Kier alpha value is -3.66. The van der Waals surface area contributed by atoms with E-state index in [1.54, 1.807) is 29.6 Å². The average molecular weight is 430 g/mol. The molecule has 0 bridgehead atoms. The maximum absolute atomic E-state index is 12.9. The molecule has 30 heavy (non-hydrogen) atoms. The number of carbonyl (C=O) groups excluding carboxylic acids is 1. The number of alkyl halides is 3. The van der Waals surface area contributed by atoms with E-state index in [-0.39, 0.29) is 17.5 Å². The summed E-state index contributed by atoms with van der Waals surface area (Å²) in [7, 11) is 0. The van der Waals surface area contributed by atoms with Gasteiger partial charge in [-0.1, -0.05) is 6.07 Å². The molecule has 2 aromatic heterocycles. The summed E-state index contributed by atoms with van der Waals surface area (Å²) >= 11 is 1.31. The van der Waals surface area contributed by atoms with E-state index in [0.29, 0.717) is 16.7 Å². The minimum Gasteiger partial charge on any atom is -0.439 e. The summed E-state index contributed by atoms with van der Waals surface area (Å²) in [6, 6.07) is 11.1. The summed E-state index contributed by atoms with van der Waals surface area (Å²) in [5, 5.41) is 4.81. The van der Waals surface area contributed by atoms with E-state index in [1.165, 1.54) is 29.7 Å². The van der Waals surface area contributed by atoms with Crippen LogP contribution >= 0.6 is 11.3 Å². The lowest BCUT2D eigenvalue weighted by atomic mass is 10.1. The third-order valence-electron chi connectivity index (χ3n) is 4.11. The third-order valence-corrected chi connectivity index (χ3v) is 5.06. The maximum Gasteiger partial charge on any atom is 0.416 e. The number of nitrogens with two attached hydrogens (primary N) is 1. The van der Waals surface area contributed by atoms with Crippen molar-refractivity contribution < 1.29 is 22.7 Å². The number of nitrogens with zero attached hydrogens (tertiary/aromatic N) is 2. The van der Waals surface area contributed by atoms with E-state index < -0.39 is 17.6 Å². The molecule has 152 valence electrons. The van der Waals surface area contributed by atoms with Crippen LogP contribution in [0.5, 0.6) is 11.6 Å². The Kier molecular flexibility index (Phi) is 5.00. The number of nitrogen functional groups attached to an aromatic ring is 1. The Balaban J connectivity index is 1.55. The summed E-state index contributed by atoms with van der Waals surface area (Å²) in [5.41, 5.74) is 5.12. The zero-order valence-corrected chi connectivity index (χ0v) is 15.9. The number of thiophene rings is 1. The van der Waals surface area contributed by atoms with E-state index >= 15 is 0 Å². The molecule has 4 rings (SSSR count). The standard InChI is InChI=1S/C20H13F3N4O2S/c21-20(22,23)11-2-1-3-12(8-11)26-18(28)15-10-30-16-9-13(4-5-14(15)16)29-17-6-7-25-19(24)27-17/h1-10H,(H,26,28)(H2,24,25,27). The van der Waals surface area contributed by atoms with E-state index in [9.17, 15) is 18.0 Å². The second-order valence-electron chi connectivity index (χ2n) is 6.20. The first-order chi connectivity index (χ1) is 14.3. The minimum absolute atomic E-state index is 0.0653. The monoisotopic (exact) mass is 430 g/mol. The Morgan fingerprint density at radius 3 is 2.73 bits per heavy atom. The number of anilines is 2. The average Bonchev–Trinajstić information content (AvgIpc) is 3.11. The third kappa shape index (κ3) is 4.18. The van der Waals surface area contributed by atoms with Gasteiger partial charge in [0.15, 0.2) is 0 Å². The summed E-state index contributed by atoms with van der Waals surface area (Å²) in [6.07, 6.45) is -3.02. The number of benzene rings is 2. The Bertz CT molecular complexity index is 1240. The van der Waals surface area contributed by atoms with Crippen molar-refractivity contribution in [1.82, 2.24) is 9.97 Å². The lowest BCUT2D eigenvalue weighted by Gasteiger charge is -2.10. The van der Waals surface area contributed by atoms with Gasteiger partial charge in [0.25, 0.3) is 5.91 Å². The molecule has 0 spiro atoms. The number of halogens is 3. The number of aromatic nitrogens is 2. The predicted octanol–water partition coefficient (Wildman–Crippen LogP) is 5.34. The highest BCUT2D eigenvalue weighted by atomic mass is 32.1. The fourth-order valence-corrected chi connectivity index (χ4v) is 3.72. The molecule has 10 heteroatoms. The van der Waals surface area contributed by atoms with Gasteiger partial charge in [0.05, 0.1) is 11.1 Å².